The number of hydrogen-bond acceptors (Lipinski definition) is 5. The van der Waals surface area contributed by atoms with E-state index in [4.69, 9.17) is 0 Å². The van der Waals surface area contributed by atoms with Crippen molar-refractivity contribution in [2.75, 3.05) is 0 Å². The highest BCUT2D eigenvalue weighted by Crippen LogP contribution is 2.26. The van der Waals surface area contributed by atoms with Crippen LogP contribution in [0.15, 0.2) is 47.4 Å². The van der Waals surface area contributed by atoms with Gasteiger partial charge in [0.1, 0.15) is 5.69 Å². The largest absolute Gasteiger partial charge is 0.300 e. The minimum atomic E-state index is -0.762. The van der Waals surface area contributed by atoms with E-state index >= 15 is 0 Å². The lowest BCUT2D eigenvalue weighted by molar-refractivity contribution is -0.394. The molecule has 0 atom stereocenters. The Labute approximate surface area is 105 Å². The van der Waals surface area contributed by atoms with Crippen LogP contribution in [0.25, 0.3) is 5.69 Å². The molecule has 0 N–H and O–H groups in total. The Kier molecular flexibility index (Phi) is 3.06. The van der Waals surface area contributed by atoms with Gasteiger partial charge in [-0.15, -0.1) is 0 Å². The van der Waals surface area contributed by atoms with Crippen LogP contribution in [0.2, 0.25) is 0 Å². The molecule has 2 rings (SSSR count). The van der Waals surface area contributed by atoms with E-state index in [1.165, 1.54) is 30.5 Å². The zero-order valence-corrected chi connectivity index (χ0v) is 9.42. The summed E-state index contributed by atoms with van der Waals surface area (Å²) in [7, 11) is 0. The topological polar surface area (TPSA) is 108 Å². The molecule has 1 aromatic heterocycles. The second-order valence-electron chi connectivity index (χ2n) is 3.60. The van der Waals surface area contributed by atoms with Gasteiger partial charge < -0.3 is 0 Å². The molecule has 0 bridgehead atoms. The van der Waals surface area contributed by atoms with Gasteiger partial charge in [-0.2, -0.15) is 0 Å². The molecular weight excluding hydrogens is 254 g/mol. The zero-order chi connectivity index (χ0) is 14.0. The molecule has 0 radical (unpaired) electrons. The number of hydrogen-bond donors (Lipinski definition) is 0. The van der Waals surface area contributed by atoms with Gasteiger partial charge in [0.2, 0.25) is 0 Å². The van der Waals surface area contributed by atoms with Crippen molar-refractivity contribution >= 4 is 11.4 Å². The van der Waals surface area contributed by atoms with E-state index in [1.807, 2.05) is 0 Å². The van der Waals surface area contributed by atoms with Crippen LogP contribution in [0, 0.1) is 20.2 Å². The number of benzene rings is 1. The lowest BCUT2D eigenvalue weighted by Crippen LogP contribution is -2.16. The fourth-order valence-electron chi connectivity index (χ4n) is 1.60. The molecule has 0 saturated heterocycles. The Morgan fingerprint density at radius 2 is 1.74 bits per heavy atom. The molecule has 0 saturated carbocycles. The first kappa shape index (κ1) is 12.4. The van der Waals surface area contributed by atoms with Gasteiger partial charge in [0, 0.05) is 18.3 Å². The number of nitro benzene ring substituents is 2. The summed E-state index contributed by atoms with van der Waals surface area (Å²) in [6.07, 6.45) is 1.36. The number of pyridine rings is 1. The zero-order valence-electron chi connectivity index (χ0n) is 9.42. The van der Waals surface area contributed by atoms with Gasteiger partial charge in [0.15, 0.2) is 0 Å². The molecule has 0 aliphatic rings. The number of nitrogens with zero attached hydrogens (tertiary/aromatic N) is 3. The van der Waals surface area contributed by atoms with Gasteiger partial charge >= 0.3 is 0 Å². The van der Waals surface area contributed by atoms with Gasteiger partial charge in [-0.1, -0.05) is 6.07 Å². The smallest absolute Gasteiger partial charge is 0.278 e. The molecule has 1 aromatic carbocycles. The highest BCUT2D eigenvalue weighted by molar-refractivity contribution is 5.58. The number of non-ortho nitro benzene ring substituents is 1. The summed E-state index contributed by atoms with van der Waals surface area (Å²) in [5, 5.41) is 21.6. The van der Waals surface area contributed by atoms with Crippen LogP contribution in [-0.2, 0) is 0 Å². The summed E-state index contributed by atoms with van der Waals surface area (Å²) >= 11 is 0. The van der Waals surface area contributed by atoms with Crippen molar-refractivity contribution in [3.8, 4) is 5.69 Å². The Morgan fingerprint density at radius 1 is 1.00 bits per heavy atom. The van der Waals surface area contributed by atoms with Gasteiger partial charge in [-0.05, 0) is 12.1 Å². The Hall–Kier alpha value is -3.03. The van der Waals surface area contributed by atoms with Crippen LogP contribution in [0.4, 0.5) is 11.4 Å². The molecule has 8 nitrogen and oxygen atoms in total. The predicted molar refractivity (Wildman–Crippen MR) is 65.3 cm³/mol. The van der Waals surface area contributed by atoms with Crippen LogP contribution in [0.3, 0.4) is 0 Å². The fourth-order valence-corrected chi connectivity index (χ4v) is 1.60. The quantitative estimate of drug-likeness (QED) is 0.616. The molecule has 0 aliphatic carbocycles. The average Bonchev–Trinajstić information content (AvgIpc) is 2.38. The van der Waals surface area contributed by atoms with Crippen molar-refractivity contribution in [3.63, 3.8) is 0 Å². The second-order valence-corrected chi connectivity index (χ2v) is 3.60. The van der Waals surface area contributed by atoms with E-state index in [2.05, 4.69) is 0 Å². The van der Waals surface area contributed by atoms with Crippen molar-refractivity contribution < 1.29 is 9.85 Å². The maximum absolute atomic E-state index is 11.6. The van der Waals surface area contributed by atoms with Crippen molar-refractivity contribution in [1.82, 2.24) is 4.57 Å². The molecule has 0 spiro atoms. The SMILES string of the molecule is O=c1ccccn1-c1ccc([N+](=O)[O-])cc1[N+](=O)[O-]. The van der Waals surface area contributed by atoms with Crippen LogP contribution >= 0.6 is 0 Å². The number of rotatable bonds is 3. The molecule has 0 aliphatic heterocycles. The van der Waals surface area contributed by atoms with E-state index in [1.54, 1.807) is 0 Å². The number of aromatic nitrogens is 1. The van der Waals surface area contributed by atoms with Gasteiger partial charge in [0.05, 0.1) is 15.9 Å². The van der Waals surface area contributed by atoms with E-state index in [0.717, 1.165) is 16.7 Å². The van der Waals surface area contributed by atoms with Gasteiger partial charge in [-0.25, -0.2) is 0 Å². The average molecular weight is 261 g/mol. The van der Waals surface area contributed by atoms with Crippen LogP contribution in [0.1, 0.15) is 0 Å². The second kappa shape index (κ2) is 4.69. The highest BCUT2D eigenvalue weighted by atomic mass is 16.6. The van der Waals surface area contributed by atoms with Crippen LogP contribution in [0.5, 0.6) is 0 Å². The van der Waals surface area contributed by atoms with Crippen molar-refractivity contribution in [3.05, 3.63) is 73.2 Å². The van der Waals surface area contributed by atoms with Crippen LogP contribution in [-0.4, -0.2) is 14.4 Å². The Balaban J connectivity index is 2.71. The van der Waals surface area contributed by atoms with Crippen molar-refractivity contribution in [2.45, 2.75) is 0 Å². The van der Waals surface area contributed by atoms with Crippen molar-refractivity contribution in [2.24, 2.45) is 0 Å². The van der Waals surface area contributed by atoms with E-state index in [0.29, 0.717) is 0 Å². The molecule has 0 unspecified atom stereocenters. The van der Waals surface area contributed by atoms with Crippen LogP contribution < -0.4 is 5.56 Å². The minimum absolute atomic E-state index is 0.0128. The van der Waals surface area contributed by atoms with Crippen molar-refractivity contribution in [1.29, 1.82) is 0 Å². The Bertz CT molecular complexity index is 722. The van der Waals surface area contributed by atoms with E-state index in [-0.39, 0.29) is 5.69 Å². The maximum Gasteiger partial charge on any atom is 0.300 e. The monoisotopic (exact) mass is 261 g/mol. The lowest BCUT2D eigenvalue weighted by Gasteiger charge is -2.05. The third kappa shape index (κ3) is 2.32. The predicted octanol–water partition coefficient (Wildman–Crippen LogP) is 1.65. The molecule has 2 aromatic rings. The summed E-state index contributed by atoms with van der Waals surface area (Å²) in [5.41, 5.74) is -1.37. The summed E-state index contributed by atoms with van der Waals surface area (Å²) in [4.78, 5) is 31.7. The Morgan fingerprint density at radius 3 is 2.32 bits per heavy atom. The first-order valence-electron chi connectivity index (χ1n) is 5.11. The third-order valence-electron chi connectivity index (χ3n) is 2.45. The summed E-state index contributed by atoms with van der Waals surface area (Å²) in [5.74, 6) is 0. The molecule has 0 fully saturated rings. The molecule has 0 amide bonds. The molecule has 1 heterocycles. The molecule has 96 valence electrons. The normalized spacial score (nSPS) is 10.1. The third-order valence-corrected chi connectivity index (χ3v) is 2.45. The molecular formula is C11H7N3O5. The van der Waals surface area contributed by atoms with E-state index < -0.39 is 26.8 Å². The maximum atomic E-state index is 11.6. The van der Waals surface area contributed by atoms with E-state index in [9.17, 15) is 25.0 Å². The van der Waals surface area contributed by atoms with Gasteiger partial charge in [0.25, 0.3) is 16.9 Å². The lowest BCUT2D eigenvalue weighted by atomic mass is 10.2. The van der Waals surface area contributed by atoms with Gasteiger partial charge in [-0.3, -0.25) is 29.6 Å². The number of nitro groups is 2. The highest BCUT2D eigenvalue weighted by Gasteiger charge is 2.20. The fraction of sp³-hybridized carbons (Fsp3) is 0. The summed E-state index contributed by atoms with van der Waals surface area (Å²) in [6.45, 7) is 0. The standard InChI is InChI=1S/C11H7N3O5/c15-11-3-1-2-6-12(11)9-5-4-8(13(16)17)7-10(9)14(18)19/h1-7H. The molecule has 8 heteroatoms. The first-order valence-corrected chi connectivity index (χ1v) is 5.11. The summed E-state index contributed by atoms with van der Waals surface area (Å²) < 4.78 is 1.06. The first-order chi connectivity index (χ1) is 9.00. The summed E-state index contributed by atoms with van der Waals surface area (Å²) in [6, 6.07) is 7.39. The molecule has 19 heavy (non-hydrogen) atoms. The minimum Gasteiger partial charge on any atom is -0.278 e.